The first-order valence-electron chi connectivity index (χ1n) is 4.30. The van der Waals surface area contributed by atoms with Gasteiger partial charge in [0.05, 0.1) is 16.9 Å². The van der Waals surface area contributed by atoms with E-state index in [0.29, 0.717) is 6.07 Å². The van der Waals surface area contributed by atoms with E-state index in [1.165, 1.54) is 0 Å². The van der Waals surface area contributed by atoms with Crippen molar-refractivity contribution in [3.05, 3.63) is 23.8 Å². The van der Waals surface area contributed by atoms with Gasteiger partial charge in [-0.05, 0) is 6.07 Å². The highest BCUT2D eigenvalue weighted by molar-refractivity contribution is 5.68. The van der Waals surface area contributed by atoms with Gasteiger partial charge < -0.3 is 11.5 Å². The first-order chi connectivity index (χ1) is 7.62. The smallest absolute Gasteiger partial charge is 0.373 e. The van der Waals surface area contributed by atoms with Gasteiger partial charge in [-0.3, -0.25) is 0 Å². The molecule has 1 aromatic carbocycles. The SMILES string of the molecule is Nc1cccc(C(F)(F)C(F)(F)C(F)F)c1N. The molecule has 1 rings (SSSR count). The average Bonchev–Trinajstić information content (AvgIpc) is 2.21. The summed E-state index contributed by atoms with van der Waals surface area (Å²) in [6.45, 7) is 0. The molecule has 0 fully saturated rings. The maximum absolute atomic E-state index is 13.3. The maximum Gasteiger partial charge on any atom is 0.373 e. The minimum absolute atomic E-state index is 0.382. The summed E-state index contributed by atoms with van der Waals surface area (Å²) in [4.78, 5) is 0. The van der Waals surface area contributed by atoms with Crippen molar-refractivity contribution in [3.63, 3.8) is 0 Å². The second-order valence-corrected chi connectivity index (χ2v) is 3.31. The Balaban J connectivity index is 3.36. The van der Waals surface area contributed by atoms with E-state index in [9.17, 15) is 26.3 Å². The van der Waals surface area contributed by atoms with Crippen LogP contribution in [-0.2, 0) is 5.92 Å². The van der Waals surface area contributed by atoms with E-state index in [1.54, 1.807) is 0 Å². The lowest BCUT2D eigenvalue weighted by Gasteiger charge is -2.27. The summed E-state index contributed by atoms with van der Waals surface area (Å²) in [5, 5.41) is 0. The third-order valence-electron chi connectivity index (χ3n) is 2.17. The van der Waals surface area contributed by atoms with Gasteiger partial charge in [-0.25, -0.2) is 8.78 Å². The van der Waals surface area contributed by atoms with Gasteiger partial charge in [0, 0.05) is 0 Å². The number of halogens is 6. The fraction of sp³-hybridized carbons (Fsp3) is 0.333. The number of hydrogen-bond donors (Lipinski definition) is 2. The van der Waals surface area contributed by atoms with E-state index < -0.39 is 29.5 Å². The van der Waals surface area contributed by atoms with Crippen molar-refractivity contribution >= 4 is 11.4 Å². The number of hydrogen-bond acceptors (Lipinski definition) is 2. The molecule has 1 aromatic rings. The maximum atomic E-state index is 13.3. The first kappa shape index (κ1) is 13.5. The molecule has 0 aromatic heterocycles. The number of anilines is 2. The van der Waals surface area contributed by atoms with Gasteiger partial charge in [0.1, 0.15) is 0 Å². The molecule has 0 amide bonds. The van der Waals surface area contributed by atoms with Crippen LogP contribution in [0.1, 0.15) is 5.56 Å². The van der Waals surface area contributed by atoms with Crippen LogP contribution >= 0.6 is 0 Å². The standard InChI is InChI=1S/C9H8F6N2/c10-7(11)9(14,15)8(12,13)4-2-1-3-5(16)6(4)17/h1-3,7H,16-17H2. The summed E-state index contributed by atoms with van der Waals surface area (Å²) < 4.78 is 75.8. The zero-order chi connectivity index (χ0) is 13.4. The van der Waals surface area contributed by atoms with Gasteiger partial charge >= 0.3 is 18.3 Å². The Morgan fingerprint density at radius 2 is 1.53 bits per heavy atom. The topological polar surface area (TPSA) is 52.0 Å². The molecular weight excluding hydrogens is 250 g/mol. The Bertz CT molecular complexity index is 418. The quantitative estimate of drug-likeness (QED) is 0.647. The second-order valence-electron chi connectivity index (χ2n) is 3.31. The van der Waals surface area contributed by atoms with Crippen LogP contribution in [0.3, 0.4) is 0 Å². The van der Waals surface area contributed by atoms with Crippen molar-refractivity contribution in [2.24, 2.45) is 0 Å². The largest absolute Gasteiger partial charge is 0.397 e. The van der Waals surface area contributed by atoms with Gasteiger partial charge in [-0.1, -0.05) is 12.1 Å². The lowest BCUT2D eigenvalue weighted by molar-refractivity contribution is -0.270. The summed E-state index contributed by atoms with van der Waals surface area (Å²) in [7, 11) is 0. The Morgan fingerprint density at radius 3 is 2.00 bits per heavy atom. The van der Waals surface area contributed by atoms with Crippen molar-refractivity contribution in [2.75, 3.05) is 11.5 Å². The van der Waals surface area contributed by atoms with Crippen molar-refractivity contribution in [3.8, 4) is 0 Å². The summed E-state index contributed by atoms with van der Waals surface area (Å²) in [6, 6.07) is 2.55. The zero-order valence-electron chi connectivity index (χ0n) is 8.23. The van der Waals surface area contributed by atoms with Crippen molar-refractivity contribution in [2.45, 2.75) is 18.3 Å². The highest BCUT2D eigenvalue weighted by Gasteiger charge is 2.64. The van der Waals surface area contributed by atoms with Crippen LogP contribution in [0.5, 0.6) is 0 Å². The minimum Gasteiger partial charge on any atom is -0.397 e. The molecule has 0 heterocycles. The monoisotopic (exact) mass is 258 g/mol. The van der Waals surface area contributed by atoms with E-state index in [0.717, 1.165) is 12.1 Å². The van der Waals surface area contributed by atoms with Crippen molar-refractivity contribution in [1.29, 1.82) is 0 Å². The van der Waals surface area contributed by atoms with Crippen LogP contribution in [0, 0.1) is 0 Å². The Kier molecular flexibility index (Phi) is 3.17. The molecule has 0 saturated heterocycles. The van der Waals surface area contributed by atoms with Crippen LogP contribution in [0.25, 0.3) is 0 Å². The van der Waals surface area contributed by atoms with E-state index in [2.05, 4.69) is 0 Å². The van der Waals surface area contributed by atoms with E-state index >= 15 is 0 Å². The predicted octanol–water partition coefficient (Wildman–Crippen LogP) is 2.84. The molecule has 2 nitrogen and oxygen atoms in total. The highest BCUT2D eigenvalue weighted by Crippen LogP contribution is 2.48. The molecule has 0 saturated carbocycles. The highest BCUT2D eigenvalue weighted by atomic mass is 19.3. The van der Waals surface area contributed by atoms with E-state index in [-0.39, 0.29) is 5.69 Å². The molecule has 0 aliphatic rings. The molecular formula is C9H8F6N2. The number of nitrogen functional groups attached to an aromatic ring is 2. The van der Waals surface area contributed by atoms with Crippen LogP contribution in [0.4, 0.5) is 37.7 Å². The number of para-hydroxylation sites is 1. The van der Waals surface area contributed by atoms with Crippen LogP contribution in [0.15, 0.2) is 18.2 Å². The third-order valence-corrected chi connectivity index (χ3v) is 2.17. The Hall–Kier alpha value is -1.60. The zero-order valence-corrected chi connectivity index (χ0v) is 8.23. The second kappa shape index (κ2) is 4.01. The number of nitrogens with two attached hydrogens (primary N) is 2. The first-order valence-corrected chi connectivity index (χ1v) is 4.30. The summed E-state index contributed by atoms with van der Waals surface area (Å²) >= 11 is 0. The van der Waals surface area contributed by atoms with Crippen LogP contribution in [0.2, 0.25) is 0 Å². The molecule has 4 N–H and O–H groups in total. The van der Waals surface area contributed by atoms with Crippen molar-refractivity contribution < 1.29 is 26.3 Å². The van der Waals surface area contributed by atoms with Crippen LogP contribution < -0.4 is 11.5 Å². The van der Waals surface area contributed by atoms with Crippen molar-refractivity contribution in [1.82, 2.24) is 0 Å². The lowest BCUT2D eigenvalue weighted by Crippen LogP contribution is -2.44. The average molecular weight is 258 g/mol. The summed E-state index contributed by atoms with van der Waals surface area (Å²) in [5.74, 6) is -10.6. The van der Waals surface area contributed by atoms with Gasteiger partial charge in [-0.15, -0.1) is 0 Å². The molecule has 0 aliphatic heterocycles. The molecule has 0 unspecified atom stereocenters. The number of alkyl halides is 6. The fourth-order valence-electron chi connectivity index (χ4n) is 1.17. The molecule has 96 valence electrons. The van der Waals surface area contributed by atoms with Gasteiger partial charge in [0.15, 0.2) is 0 Å². The minimum atomic E-state index is -5.52. The molecule has 0 bridgehead atoms. The Labute approximate surface area is 92.2 Å². The molecule has 17 heavy (non-hydrogen) atoms. The number of rotatable bonds is 3. The van der Waals surface area contributed by atoms with Crippen LogP contribution in [-0.4, -0.2) is 12.3 Å². The molecule has 0 radical (unpaired) electrons. The Morgan fingerprint density at radius 1 is 1.00 bits per heavy atom. The molecule has 0 aliphatic carbocycles. The third kappa shape index (κ3) is 1.98. The van der Waals surface area contributed by atoms with Gasteiger partial charge in [0.25, 0.3) is 0 Å². The summed E-state index contributed by atoms with van der Waals surface area (Å²) in [5.41, 5.74) is 7.60. The summed E-state index contributed by atoms with van der Waals surface area (Å²) in [6.07, 6.45) is -4.52. The molecule has 0 atom stereocenters. The lowest BCUT2D eigenvalue weighted by atomic mass is 10.00. The van der Waals surface area contributed by atoms with E-state index in [4.69, 9.17) is 11.5 Å². The molecule has 8 heteroatoms. The normalized spacial score (nSPS) is 13.1. The van der Waals surface area contributed by atoms with E-state index in [1.807, 2.05) is 0 Å². The predicted molar refractivity (Wildman–Crippen MR) is 50.1 cm³/mol. The number of benzene rings is 1. The molecule has 0 spiro atoms. The van der Waals surface area contributed by atoms with Gasteiger partial charge in [0.2, 0.25) is 0 Å². The fourth-order valence-corrected chi connectivity index (χ4v) is 1.17. The van der Waals surface area contributed by atoms with Gasteiger partial charge in [-0.2, -0.15) is 17.6 Å².